The van der Waals surface area contributed by atoms with Gasteiger partial charge in [-0.2, -0.15) is 0 Å². The third-order valence-corrected chi connectivity index (χ3v) is 3.25. The van der Waals surface area contributed by atoms with Crippen LogP contribution >= 0.6 is 0 Å². The Morgan fingerprint density at radius 2 is 1.79 bits per heavy atom. The van der Waals surface area contributed by atoms with Crippen LogP contribution in [-0.4, -0.2) is 17.9 Å². The molecular formula is C16H19NO2. The number of hydrogen-bond acceptors (Lipinski definition) is 2. The normalized spacial score (nSPS) is 10.5. The van der Waals surface area contributed by atoms with Gasteiger partial charge in [0.15, 0.2) is 5.76 Å². The van der Waals surface area contributed by atoms with Crippen molar-refractivity contribution in [3.05, 3.63) is 59.0 Å². The number of nitrogens with zero attached hydrogens (tertiary/aromatic N) is 1. The molecule has 1 heterocycles. The van der Waals surface area contributed by atoms with Crippen LogP contribution in [0, 0.1) is 6.92 Å². The maximum absolute atomic E-state index is 12.2. The van der Waals surface area contributed by atoms with E-state index in [9.17, 15) is 4.79 Å². The van der Waals surface area contributed by atoms with Crippen molar-refractivity contribution in [2.45, 2.75) is 26.8 Å². The fraction of sp³-hybridized carbons (Fsp3) is 0.312. The molecule has 0 unspecified atom stereocenters. The smallest absolute Gasteiger partial charge is 0.289 e. The molecular weight excluding hydrogens is 238 g/mol. The van der Waals surface area contributed by atoms with Gasteiger partial charge in [-0.15, -0.1) is 0 Å². The SMILES string of the molecule is CCc1ccc(CN(C)C(=O)c2occc2C)cc1. The number of hydrogen-bond donors (Lipinski definition) is 0. The second-order valence-corrected chi connectivity index (χ2v) is 4.76. The zero-order valence-electron chi connectivity index (χ0n) is 11.6. The van der Waals surface area contributed by atoms with Gasteiger partial charge in [-0.3, -0.25) is 4.79 Å². The Morgan fingerprint density at radius 3 is 2.32 bits per heavy atom. The van der Waals surface area contributed by atoms with Crippen molar-refractivity contribution in [3.63, 3.8) is 0 Å². The lowest BCUT2D eigenvalue weighted by atomic mass is 10.1. The minimum atomic E-state index is -0.0814. The van der Waals surface area contributed by atoms with Gasteiger partial charge in [-0.25, -0.2) is 0 Å². The minimum absolute atomic E-state index is 0.0814. The van der Waals surface area contributed by atoms with E-state index in [0.717, 1.165) is 17.5 Å². The number of carbonyl (C=O) groups is 1. The van der Waals surface area contributed by atoms with E-state index in [4.69, 9.17) is 4.42 Å². The molecule has 2 aromatic rings. The van der Waals surface area contributed by atoms with Crippen LogP contribution in [0.1, 0.15) is 34.2 Å². The van der Waals surface area contributed by atoms with Gasteiger partial charge < -0.3 is 9.32 Å². The van der Waals surface area contributed by atoms with E-state index in [1.165, 1.54) is 5.56 Å². The molecule has 3 heteroatoms. The maximum Gasteiger partial charge on any atom is 0.289 e. The number of benzene rings is 1. The first-order valence-electron chi connectivity index (χ1n) is 6.49. The fourth-order valence-corrected chi connectivity index (χ4v) is 1.99. The van der Waals surface area contributed by atoms with Crippen molar-refractivity contribution in [2.75, 3.05) is 7.05 Å². The molecule has 19 heavy (non-hydrogen) atoms. The number of furan rings is 1. The molecule has 0 atom stereocenters. The summed E-state index contributed by atoms with van der Waals surface area (Å²) in [5.41, 5.74) is 3.30. The lowest BCUT2D eigenvalue weighted by Gasteiger charge is -2.16. The van der Waals surface area contributed by atoms with Crippen molar-refractivity contribution in [2.24, 2.45) is 0 Å². The van der Waals surface area contributed by atoms with Crippen molar-refractivity contribution < 1.29 is 9.21 Å². The van der Waals surface area contributed by atoms with Gasteiger partial charge in [-0.1, -0.05) is 31.2 Å². The molecule has 0 bridgehead atoms. The predicted molar refractivity (Wildman–Crippen MR) is 75.1 cm³/mol. The number of carbonyl (C=O) groups excluding carboxylic acids is 1. The van der Waals surface area contributed by atoms with Crippen LogP contribution in [0.15, 0.2) is 41.0 Å². The van der Waals surface area contributed by atoms with Gasteiger partial charge in [0.25, 0.3) is 5.91 Å². The average molecular weight is 257 g/mol. The van der Waals surface area contributed by atoms with Crippen LogP contribution < -0.4 is 0 Å². The first-order valence-corrected chi connectivity index (χ1v) is 6.49. The van der Waals surface area contributed by atoms with E-state index >= 15 is 0 Å². The Labute approximate surface area is 113 Å². The van der Waals surface area contributed by atoms with Crippen LogP contribution in [0.2, 0.25) is 0 Å². The van der Waals surface area contributed by atoms with Crippen LogP contribution in [-0.2, 0) is 13.0 Å². The maximum atomic E-state index is 12.2. The summed E-state index contributed by atoms with van der Waals surface area (Å²) in [6, 6.07) is 10.1. The Balaban J connectivity index is 2.06. The quantitative estimate of drug-likeness (QED) is 0.840. The molecule has 3 nitrogen and oxygen atoms in total. The van der Waals surface area contributed by atoms with Crippen molar-refractivity contribution in [1.29, 1.82) is 0 Å². The molecule has 0 aliphatic rings. The lowest BCUT2D eigenvalue weighted by molar-refractivity contribution is 0.0752. The predicted octanol–water partition coefficient (Wildman–Crippen LogP) is 3.42. The largest absolute Gasteiger partial charge is 0.459 e. The third-order valence-electron chi connectivity index (χ3n) is 3.25. The Hall–Kier alpha value is -2.03. The summed E-state index contributed by atoms with van der Waals surface area (Å²) in [6.45, 7) is 4.59. The zero-order valence-corrected chi connectivity index (χ0v) is 11.6. The molecule has 0 saturated carbocycles. The van der Waals surface area contributed by atoms with E-state index in [-0.39, 0.29) is 5.91 Å². The molecule has 0 spiro atoms. The zero-order chi connectivity index (χ0) is 13.8. The fourth-order valence-electron chi connectivity index (χ4n) is 1.99. The Morgan fingerprint density at radius 1 is 1.16 bits per heavy atom. The Kier molecular flexibility index (Phi) is 4.05. The van der Waals surface area contributed by atoms with Crippen LogP contribution in [0.5, 0.6) is 0 Å². The summed E-state index contributed by atoms with van der Waals surface area (Å²) in [6.07, 6.45) is 2.58. The summed E-state index contributed by atoms with van der Waals surface area (Å²) >= 11 is 0. The molecule has 0 aliphatic carbocycles. The highest BCUT2D eigenvalue weighted by atomic mass is 16.3. The van der Waals surface area contributed by atoms with Crippen molar-refractivity contribution >= 4 is 5.91 Å². The number of rotatable bonds is 4. The third kappa shape index (κ3) is 3.05. The van der Waals surface area contributed by atoms with E-state index < -0.39 is 0 Å². The van der Waals surface area contributed by atoms with Gasteiger partial charge in [-0.05, 0) is 30.5 Å². The van der Waals surface area contributed by atoms with E-state index in [0.29, 0.717) is 12.3 Å². The Bertz CT molecular complexity index is 554. The monoisotopic (exact) mass is 257 g/mol. The van der Waals surface area contributed by atoms with Crippen molar-refractivity contribution in [3.8, 4) is 0 Å². The van der Waals surface area contributed by atoms with Crippen LogP contribution in [0.3, 0.4) is 0 Å². The van der Waals surface area contributed by atoms with Gasteiger partial charge in [0.1, 0.15) is 0 Å². The molecule has 0 fully saturated rings. The first-order chi connectivity index (χ1) is 9.11. The first kappa shape index (κ1) is 13.4. The molecule has 0 radical (unpaired) electrons. The highest BCUT2D eigenvalue weighted by Crippen LogP contribution is 2.14. The van der Waals surface area contributed by atoms with E-state index in [2.05, 4.69) is 31.2 Å². The van der Waals surface area contributed by atoms with Gasteiger partial charge in [0.2, 0.25) is 0 Å². The summed E-state index contributed by atoms with van der Waals surface area (Å²) in [5.74, 6) is 0.342. The molecule has 1 aromatic carbocycles. The highest BCUT2D eigenvalue weighted by molar-refractivity contribution is 5.92. The van der Waals surface area contributed by atoms with Gasteiger partial charge in [0, 0.05) is 19.2 Å². The van der Waals surface area contributed by atoms with Crippen LogP contribution in [0.25, 0.3) is 0 Å². The molecule has 0 saturated heterocycles. The molecule has 2 rings (SSSR count). The highest BCUT2D eigenvalue weighted by Gasteiger charge is 2.17. The molecule has 100 valence electrons. The van der Waals surface area contributed by atoms with Gasteiger partial charge >= 0.3 is 0 Å². The molecule has 1 aromatic heterocycles. The number of aryl methyl sites for hydroxylation is 2. The van der Waals surface area contributed by atoms with Gasteiger partial charge in [0.05, 0.1) is 6.26 Å². The molecule has 0 N–H and O–H groups in total. The minimum Gasteiger partial charge on any atom is -0.459 e. The summed E-state index contributed by atoms with van der Waals surface area (Å²) in [7, 11) is 1.79. The van der Waals surface area contributed by atoms with E-state index in [1.807, 2.05) is 6.92 Å². The summed E-state index contributed by atoms with van der Waals surface area (Å²) < 4.78 is 5.23. The average Bonchev–Trinajstić information content (AvgIpc) is 2.85. The lowest BCUT2D eigenvalue weighted by Crippen LogP contribution is -2.26. The second kappa shape index (κ2) is 5.74. The number of amides is 1. The molecule has 1 amide bonds. The summed E-state index contributed by atoms with van der Waals surface area (Å²) in [5, 5.41) is 0. The summed E-state index contributed by atoms with van der Waals surface area (Å²) in [4.78, 5) is 13.9. The van der Waals surface area contributed by atoms with Crippen molar-refractivity contribution in [1.82, 2.24) is 4.90 Å². The second-order valence-electron chi connectivity index (χ2n) is 4.76. The van der Waals surface area contributed by atoms with E-state index in [1.54, 1.807) is 24.3 Å². The topological polar surface area (TPSA) is 33.5 Å². The standard InChI is InChI=1S/C16H19NO2/c1-4-13-5-7-14(8-6-13)11-17(3)16(18)15-12(2)9-10-19-15/h5-10H,4,11H2,1-3H3. The molecule has 0 aliphatic heterocycles. The van der Waals surface area contributed by atoms with Crippen LogP contribution in [0.4, 0.5) is 0 Å².